The molecular formula is C31H46FNO3. The first-order valence-corrected chi connectivity index (χ1v) is 14.3. The number of hydrogen-bond donors (Lipinski definition) is 0. The third-order valence-corrected chi connectivity index (χ3v) is 6.97. The maximum atomic E-state index is 14.8. The molecule has 0 bridgehead atoms. The molecule has 1 aromatic heterocycles. The predicted octanol–water partition coefficient (Wildman–Crippen LogP) is 9.04. The molecule has 0 atom stereocenters. The Kier molecular flexibility index (Phi) is 13.3. The smallest absolute Gasteiger partial charge is 0.185 e. The number of hydrogen-bond acceptors (Lipinski definition) is 4. The van der Waals surface area contributed by atoms with Crippen molar-refractivity contribution in [2.75, 3.05) is 19.8 Å². The quantitative estimate of drug-likeness (QED) is 0.204. The molecule has 0 aliphatic carbocycles. The van der Waals surface area contributed by atoms with Gasteiger partial charge in [0.25, 0.3) is 0 Å². The number of nitrogens with zero attached hydrogens (tertiary/aromatic N) is 1. The van der Waals surface area contributed by atoms with Gasteiger partial charge >= 0.3 is 0 Å². The van der Waals surface area contributed by atoms with Crippen molar-refractivity contribution in [2.24, 2.45) is 5.92 Å². The predicted molar refractivity (Wildman–Crippen MR) is 145 cm³/mol. The van der Waals surface area contributed by atoms with Crippen LogP contribution in [0.1, 0.15) is 109 Å². The van der Waals surface area contributed by atoms with Gasteiger partial charge in [-0.05, 0) is 31.0 Å². The number of unbranched alkanes of at least 4 members (excludes halogenated alkanes) is 10. The zero-order chi connectivity index (χ0) is 25.4. The molecule has 200 valence electrons. The summed E-state index contributed by atoms with van der Waals surface area (Å²) in [5.41, 5.74) is 1.93. The van der Waals surface area contributed by atoms with Gasteiger partial charge in [-0.3, -0.25) is 4.98 Å². The highest BCUT2D eigenvalue weighted by molar-refractivity contribution is 5.61. The molecule has 2 heterocycles. The molecule has 4 nitrogen and oxygen atoms in total. The summed E-state index contributed by atoms with van der Waals surface area (Å²) >= 11 is 0. The van der Waals surface area contributed by atoms with Crippen molar-refractivity contribution in [1.82, 2.24) is 4.98 Å². The SMILES string of the molecule is CCCCCCCCOc1ccc(-c2ccc([C@H]3OC[C@H](CCCCCCCC)CO3)cn2)c(F)c1. The summed E-state index contributed by atoms with van der Waals surface area (Å²) < 4.78 is 32.5. The second-order valence-corrected chi connectivity index (χ2v) is 10.2. The average Bonchev–Trinajstić information content (AvgIpc) is 2.91. The van der Waals surface area contributed by atoms with Crippen LogP contribution in [0.15, 0.2) is 36.5 Å². The lowest BCUT2D eigenvalue weighted by molar-refractivity contribution is -0.206. The van der Waals surface area contributed by atoms with E-state index in [1.54, 1.807) is 12.3 Å². The molecule has 0 saturated carbocycles. The van der Waals surface area contributed by atoms with E-state index in [-0.39, 0.29) is 5.82 Å². The van der Waals surface area contributed by atoms with Gasteiger partial charge in [-0.2, -0.15) is 0 Å². The molecule has 1 saturated heterocycles. The Hall–Kier alpha value is -1.98. The summed E-state index contributed by atoms with van der Waals surface area (Å²) in [7, 11) is 0. The van der Waals surface area contributed by atoms with Crippen molar-refractivity contribution in [2.45, 2.75) is 104 Å². The molecule has 1 aliphatic heterocycles. The van der Waals surface area contributed by atoms with E-state index in [4.69, 9.17) is 14.2 Å². The van der Waals surface area contributed by atoms with E-state index >= 15 is 0 Å². The maximum absolute atomic E-state index is 14.8. The van der Waals surface area contributed by atoms with Gasteiger partial charge in [-0.25, -0.2) is 4.39 Å². The fourth-order valence-corrected chi connectivity index (χ4v) is 4.69. The van der Waals surface area contributed by atoms with Gasteiger partial charge in [0, 0.05) is 29.3 Å². The van der Waals surface area contributed by atoms with Gasteiger partial charge in [0.05, 0.1) is 25.5 Å². The highest BCUT2D eigenvalue weighted by Crippen LogP contribution is 2.30. The number of rotatable bonds is 17. The average molecular weight is 500 g/mol. The first-order chi connectivity index (χ1) is 17.7. The summed E-state index contributed by atoms with van der Waals surface area (Å²) in [6.45, 7) is 6.53. The second-order valence-electron chi connectivity index (χ2n) is 10.2. The van der Waals surface area contributed by atoms with Crippen LogP contribution in [0.2, 0.25) is 0 Å². The van der Waals surface area contributed by atoms with Crippen LogP contribution in [0.4, 0.5) is 4.39 Å². The Morgan fingerprint density at radius 3 is 2.14 bits per heavy atom. The van der Waals surface area contributed by atoms with Crippen LogP contribution in [0.3, 0.4) is 0 Å². The first-order valence-electron chi connectivity index (χ1n) is 14.3. The summed E-state index contributed by atoms with van der Waals surface area (Å²) in [6.07, 6.45) is 17.6. The molecule has 2 aromatic rings. The lowest BCUT2D eigenvalue weighted by Gasteiger charge is -2.29. The monoisotopic (exact) mass is 499 g/mol. The summed E-state index contributed by atoms with van der Waals surface area (Å²) in [5, 5.41) is 0. The zero-order valence-electron chi connectivity index (χ0n) is 22.5. The highest BCUT2D eigenvalue weighted by Gasteiger charge is 2.23. The van der Waals surface area contributed by atoms with Crippen molar-refractivity contribution in [1.29, 1.82) is 0 Å². The molecule has 5 heteroatoms. The lowest BCUT2D eigenvalue weighted by Crippen LogP contribution is -2.27. The molecule has 0 unspecified atom stereocenters. The minimum absolute atomic E-state index is 0.321. The van der Waals surface area contributed by atoms with Gasteiger partial charge in [0.1, 0.15) is 11.6 Å². The molecule has 1 aromatic carbocycles. The number of aromatic nitrogens is 1. The fourth-order valence-electron chi connectivity index (χ4n) is 4.69. The molecule has 0 radical (unpaired) electrons. The Morgan fingerprint density at radius 2 is 1.50 bits per heavy atom. The van der Waals surface area contributed by atoms with Gasteiger partial charge in [-0.15, -0.1) is 0 Å². The van der Waals surface area contributed by atoms with E-state index in [0.717, 1.165) is 38.0 Å². The van der Waals surface area contributed by atoms with Crippen molar-refractivity contribution in [3.05, 3.63) is 47.9 Å². The Morgan fingerprint density at radius 1 is 0.833 bits per heavy atom. The number of benzene rings is 1. The minimum Gasteiger partial charge on any atom is -0.493 e. The highest BCUT2D eigenvalue weighted by atomic mass is 19.1. The van der Waals surface area contributed by atoms with E-state index in [1.165, 1.54) is 70.3 Å². The Labute approximate surface area is 218 Å². The van der Waals surface area contributed by atoms with Crippen LogP contribution in [0.5, 0.6) is 5.75 Å². The van der Waals surface area contributed by atoms with E-state index in [2.05, 4.69) is 18.8 Å². The minimum atomic E-state index is -0.394. The van der Waals surface area contributed by atoms with E-state index in [1.807, 2.05) is 18.2 Å². The van der Waals surface area contributed by atoms with Crippen LogP contribution < -0.4 is 4.74 Å². The summed E-state index contributed by atoms with van der Waals surface area (Å²) in [4.78, 5) is 4.49. The third-order valence-electron chi connectivity index (χ3n) is 6.97. The second kappa shape index (κ2) is 16.7. The van der Waals surface area contributed by atoms with E-state index in [0.29, 0.717) is 29.5 Å². The number of ether oxygens (including phenoxy) is 3. The normalized spacial score (nSPS) is 17.9. The first kappa shape index (κ1) is 28.6. The van der Waals surface area contributed by atoms with Gasteiger partial charge in [-0.1, -0.05) is 90.5 Å². The molecule has 36 heavy (non-hydrogen) atoms. The number of pyridine rings is 1. The third kappa shape index (κ3) is 9.82. The molecule has 1 fully saturated rings. The van der Waals surface area contributed by atoms with Crippen LogP contribution in [-0.2, 0) is 9.47 Å². The molecule has 0 spiro atoms. The number of halogens is 1. The Bertz CT molecular complexity index is 849. The zero-order valence-corrected chi connectivity index (χ0v) is 22.5. The van der Waals surface area contributed by atoms with Gasteiger partial charge in [0.2, 0.25) is 0 Å². The molecule has 1 aliphatic rings. The molecule has 0 N–H and O–H groups in total. The van der Waals surface area contributed by atoms with E-state index in [9.17, 15) is 4.39 Å². The van der Waals surface area contributed by atoms with Crippen LogP contribution in [-0.4, -0.2) is 24.8 Å². The van der Waals surface area contributed by atoms with Crippen LogP contribution >= 0.6 is 0 Å². The fraction of sp³-hybridized carbons (Fsp3) is 0.645. The molecular weight excluding hydrogens is 453 g/mol. The Balaban J connectivity index is 1.40. The van der Waals surface area contributed by atoms with E-state index < -0.39 is 6.29 Å². The summed E-state index contributed by atoms with van der Waals surface area (Å²) in [5.74, 6) is 0.717. The summed E-state index contributed by atoms with van der Waals surface area (Å²) in [6, 6.07) is 8.78. The van der Waals surface area contributed by atoms with Crippen LogP contribution in [0, 0.1) is 11.7 Å². The van der Waals surface area contributed by atoms with Crippen molar-refractivity contribution in [3.63, 3.8) is 0 Å². The molecule has 0 amide bonds. The maximum Gasteiger partial charge on any atom is 0.185 e. The largest absolute Gasteiger partial charge is 0.493 e. The lowest BCUT2D eigenvalue weighted by atomic mass is 10.0. The van der Waals surface area contributed by atoms with Crippen LogP contribution in [0.25, 0.3) is 11.3 Å². The van der Waals surface area contributed by atoms with Gasteiger partial charge in [0.15, 0.2) is 6.29 Å². The van der Waals surface area contributed by atoms with Gasteiger partial charge < -0.3 is 14.2 Å². The molecule has 3 rings (SSSR count). The standard InChI is InChI=1S/C31H46FNO3/c1-3-5-7-9-11-13-15-25-23-35-31(36-24-25)26-16-19-30(33-22-26)28-18-17-27(21-29(28)32)34-20-14-12-10-8-6-4-2/h16-19,21-22,25,31H,3-15,20,23-24H2,1-2H3/t25-,31-. The topological polar surface area (TPSA) is 40.6 Å². The van der Waals surface area contributed by atoms with Crippen molar-refractivity contribution < 1.29 is 18.6 Å². The van der Waals surface area contributed by atoms with Crippen molar-refractivity contribution in [3.8, 4) is 17.0 Å². The van der Waals surface area contributed by atoms with Crippen molar-refractivity contribution >= 4 is 0 Å².